The monoisotopic (exact) mass is 1980 g/mol. The number of hydrogen-bond acceptors (Lipinski definition) is 42. The average molecular weight is 1980 g/mol. The second-order valence-corrected chi connectivity index (χ2v) is 37.1. The number of imidazole rings is 1. The summed E-state index contributed by atoms with van der Waals surface area (Å²) in [5.74, 6) is -10.9. The van der Waals surface area contributed by atoms with E-state index in [9.17, 15) is 109 Å². The second kappa shape index (κ2) is 47.1. The zero-order chi connectivity index (χ0) is 98.7. The maximum absolute atomic E-state index is 15.2. The number of nitrogens with one attached hydrogen (secondary N) is 7. The number of benzene rings is 2. The van der Waals surface area contributed by atoms with Crippen LogP contribution in [0.4, 0.5) is 10.6 Å². The highest BCUT2D eigenvalue weighted by molar-refractivity contribution is 7.95. The van der Waals surface area contributed by atoms with Gasteiger partial charge in [-0.2, -0.15) is 0 Å². The number of phenols is 2. The van der Waals surface area contributed by atoms with Crippen LogP contribution in [0.1, 0.15) is 165 Å². The molecular weight excluding hydrogens is 1860 g/mol. The molecule has 53 heteroatoms. The lowest BCUT2D eigenvalue weighted by Gasteiger charge is -2.47. The quantitative estimate of drug-likeness (QED) is 0.00968. The zero-order valence-electron chi connectivity index (χ0n) is 74.3. The number of nitrogens with two attached hydrogens (primary N) is 6. The molecule has 2 aromatic carbocycles. The Kier molecular flexibility index (Phi) is 37.8. The molecule has 11 rings (SSSR count). The Balaban J connectivity index is 0.000000432. The van der Waals surface area contributed by atoms with Crippen LogP contribution in [0, 0.1) is 12.8 Å². The predicted molar refractivity (Wildman–Crippen MR) is 476 cm³/mol. The smallest absolute Gasteiger partial charge is 0.404 e. The number of hydrogen-bond donors (Lipinski definition) is 25. The molecule has 0 spiro atoms. The molecule has 742 valence electrons. The van der Waals surface area contributed by atoms with E-state index < -0.39 is 265 Å². The summed E-state index contributed by atoms with van der Waals surface area (Å²) in [6.07, 6.45) is -24.5. The van der Waals surface area contributed by atoms with Gasteiger partial charge in [-0.3, -0.25) is 47.9 Å². The number of aliphatic hydroxyl groups is 10. The number of aromatic hydroxyl groups is 2. The van der Waals surface area contributed by atoms with Crippen molar-refractivity contribution in [3.63, 3.8) is 0 Å². The molecule has 135 heavy (non-hydrogen) atoms. The van der Waals surface area contributed by atoms with Crippen LogP contribution in [0.5, 0.6) is 17.2 Å². The van der Waals surface area contributed by atoms with Crippen LogP contribution < -0.4 is 71.0 Å². The third-order valence-corrected chi connectivity index (χ3v) is 26.0. The Morgan fingerprint density at radius 1 is 0.770 bits per heavy atom. The molecule has 3 aliphatic heterocycles. The molecule has 7 heterocycles. The van der Waals surface area contributed by atoms with Crippen LogP contribution in [0.3, 0.4) is 0 Å². The number of anilines is 1. The summed E-state index contributed by atoms with van der Waals surface area (Å²) in [5.41, 5.74) is 31.0. The molecule has 0 radical (unpaired) electrons. The number of ketones is 3. The Hall–Kier alpha value is -10.4. The van der Waals surface area contributed by atoms with E-state index in [1.807, 2.05) is 0 Å². The van der Waals surface area contributed by atoms with Crippen LogP contribution in [0.15, 0.2) is 41.5 Å². The lowest BCUT2D eigenvalue weighted by atomic mass is 9.72. The van der Waals surface area contributed by atoms with Gasteiger partial charge in [0.15, 0.2) is 36.5 Å². The van der Waals surface area contributed by atoms with Gasteiger partial charge in [0, 0.05) is 97.2 Å². The normalized spacial score (nSPS) is 25.6. The van der Waals surface area contributed by atoms with Gasteiger partial charge < -0.3 is 170 Å². The van der Waals surface area contributed by atoms with Gasteiger partial charge in [-0.1, -0.05) is 19.1 Å². The number of carbonyl (C=O) groups excluding carboxylic acids is 11. The number of phenolic OH excluding ortho intramolecular Hbond substituents is 2. The minimum absolute atomic E-state index is 0. The maximum atomic E-state index is 15.2. The van der Waals surface area contributed by atoms with Crippen molar-refractivity contribution < 1.29 is 152 Å². The molecule has 49 nitrogen and oxygen atoms in total. The number of aliphatic hydroxyl groups excluding tert-OH is 9. The number of primary amides is 3. The van der Waals surface area contributed by atoms with E-state index >= 15 is 4.79 Å². The molecule has 4 aromatic heterocycles. The zero-order valence-corrected chi connectivity index (χ0v) is 77.6. The number of nitrogens with zero attached hydrogens (tertiary/aromatic N) is 5. The fraction of sp³-hybridized carbons (Fsp3) is 0.561. The van der Waals surface area contributed by atoms with Crippen LogP contribution in [0.25, 0.3) is 10.7 Å². The van der Waals surface area contributed by atoms with E-state index in [0.717, 1.165) is 24.7 Å². The van der Waals surface area contributed by atoms with Gasteiger partial charge in [-0.15, -0.1) is 35.1 Å². The van der Waals surface area contributed by atoms with Gasteiger partial charge in [-0.05, 0) is 51.6 Å². The van der Waals surface area contributed by atoms with E-state index in [1.54, 1.807) is 17.7 Å². The fourth-order valence-electron chi connectivity index (χ4n) is 15.5. The Bertz CT molecular complexity index is 5230. The van der Waals surface area contributed by atoms with Crippen molar-refractivity contribution in [2.45, 2.75) is 226 Å². The first kappa shape index (κ1) is 108. The molecule has 31 N–H and O–H groups in total. The second-order valence-electron chi connectivity index (χ2n) is 33.0. The molecule has 3 fully saturated rings. The van der Waals surface area contributed by atoms with Crippen molar-refractivity contribution in [2.75, 3.05) is 64.0 Å². The minimum Gasteiger partial charge on any atom is -0.507 e. The topological polar surface area (TPSA) is 813 Å². The number of aromatic nitrogens is 6. The highest BCUT2D eigenvalue weighted by Gasteiger charge is 2.55. The van der Waals surface area contributed by atoms with Gasteiger partial charge >= 0.3 is 6.09 Å². The van der Waals surface area contributed by atoms with Crippen molar-refractivity contribution in [1.82, 2.24) is 61.8 Å². The Morgan fingerprint density at radius 2 is 1.45 bits per heavy atom. The van der Waals surface area contributed by atoms with Gasteiger partial charge in [0.05, 0.1) is 127 Å². The van der Waals surface area contributed by atoms with Gasteiger partial charge in [-0.25, -0.2) is 29.7 Å². The first-order valence-corrected chi connectivity index (χ1v) is 46.1. The minimum atomic E-state index is -2.20. The Morgan fingerprint density at radius 3 is 2.07 bits per heavy atom. The van der Waals surface area contributed by atoms with Crippen molar-refractivity contribution >= 4 is 117 Å². The highest BCUT2D eigenvalue weighted by atomic mass is 35.5. The number of halogens is 1. The van der Waals surface area contributed by atoms with Crippen LogP contribution in [0.2, 0.25) is 0 Å². The van der Waals surface area contributed by atoms with E-state index in [0.29, 0.717) is 22.3 Å². The maximum Gasteiger partial charge on any atom is 0.404 e. The largest absolute Gasteiger partial charge is 0.507 e. The summed E-state index contributed by atoms with van der Waals surface area (Å²) in [5, 5.41) is 152. The summed E-state index contributed by atoms with van der Waals surface area (Å²) < 4.78 is 45.8. The lowest BCUT2D eigenvalue weighted by Crippen LogP contribution is -2.65. The number of ether oxygens (including phenoxy) is 8. The molecule has 0 saturated carbocycles. The number of Topliss-reactive ketones (excluding diaryl/α,β-unsaturated/α-hetero) is 1. The number of rotatable bonds is 39. The molecule has 2 aliphatic carbocycles. The summed E-state index contributed by atoms with van der Waals surface area (Å²) in [6.45, 7) is 5.96. The first-order valence-electron chi connectivity index (χ1n) is 42.1. The standard InChI is InChI=1S/C55H83N17O21S3.C27H29NO10.ClH/c1-20-33(69-46(72-44(20)58)25(12-31(57)76)64-13-24(56)45(59)82)50(86)71-35(41(26-14-61-19-65-26)91-54-43(39(80)37(78)29(15-73)90-54)92-53-40(81)42(93-55(60)88)38(79)30(16-74)89-53)51(87)66-22(3)36(77)21(2)47(83)70-34(23(4)75)49(85)63-10-8-32-67-28(18-94-32)52-68-27(17-95-52)48(84)62-9-7-11-96(5)6;1-10-22(30)14(28)7-17(37-10)38-16-9-27(35,11(2)29)8-13-19(16)26(34)21-20(24(13)32)23(31)12-5-4-6-15(36-3)18(12)25(21)33;/h14,17-19,21-25,29-30,34-43,53-54,64,73-75,77-81H,7-13,15-16,56H2,1-6H3,(H13-,57,58,59,60,61,62,63,65,66,69,70,71,72,76,82,83,84,85,86,87,88);4-6,10,14,16-17,22,30,32,34-35H,7-9,28H2,1-3H3;1H/p+1/t21-,22+,23+,24-,25-,29-,30-,34-,35-,36-,37-,38-,39+,40-,41-,42+,43-,53-,54-;10?,14?,16-,17?,22?,27-;/m00./s1. The van der Waals surface area contributed by atoms with Gasteiger partial charge in [0.2, 0.25) is 35.3 Å². The van der Waals surface area contributed by atoms with E-state index in [2.05, 4.69) is 74.3 Å². The number of methoxy groups -OCH3 is 1. The molecule has 25 atom stereocenters. The molecule has 6 aromatic rings. The summed E-state index contributed by atoms with van der Waals surface area (Å²) in [6, 6.07) is -4.10. The Labute approximate surface area is 787 Å². The average Bonchev–Trinajstić information content (AvgIpc) is 1.56. The number of nitrogen functional groups attached to an aromatic ring is 1. The summed E-state index contributed by atoms with van der Waals surface area (Å²) in [4.78, 5) is 170. The van der Waals surface area contributed by atoms with E-state index in [1.165, 1.54) is 82.6 Å². The lowest BCUT2D eigenvalue weighted by molar-refractivity contribution is -0.372. The fourth-order valence-corrected chi connectivity index (χ4v) is 17.8. The van der Waals surface area contributed by atoms with Crippen molar-refractivity contribution in [3.05, 3.63) is 108 Å². The third kappa shape index (κ3) is 25.3. The van der Waals surface area contributed by atoms with E-state index in [4.69, 9.17) is 72.3 Å². The predicted octanol–water partition coefficient (Wildman–Crippen LogP) is -6.25. The number of H-pyrrole nitrogens is 1. The molecule has 5 aliphatic rings. The molecular formula is C82H114ClN18O31S3+. The summed E-state index contributed by atoms with van der Waals surface area (Å²) in [7, 11) is 1.59. The van der Waals surface area contributed by atoms with Crippen molar-refractivity contribution in [2.24, 2.45) is 34.6 Å². The van der Waals surface area contributed by atoms with Crippen LogP contribution in [-0.2, 0) is 85.7 Å². The molecule has 8 amide bonds. The molecule has 3 saturated heterocycles. The molecule has 4 unspecified atom stereocenters. The van der Waals surface area contributed by atoms with Gasteiger partial charge in [0.25, 0.3) is 11.8 Å². The van der Waals surface area contributed by atoms with Gasteiger partial charge in [0.1, 0.15) is 123 Å². The number of aromatic amines is 1. The highest BCUT2D eigenvalue weighted by Crippen LogP contribution is 2.53. The number of amides is 8. The van der Waals surface area contributed by atoms with Crippen molar-refractivity contribution in [3.8, 4) is 28.0 Å². The summed E-state index contributed by atoms with van der Waals surface area (Å²) >= 11 is 2.52. The number of thiazole rings is 2. The van der Waals surface area contributed by atoms with Crippen LogP contribution in [-0.4, -0.2) is 342 Å². The van der Waals surface area contributed by atoms with Crippen molar-refractivity contribution in [1.29, 1.82) is 0 Å². The molecule has 0 bridgehead atoms. The number of fused-ring (bicyclic) bond motifs is 3. The third-order valence-electron chi connectivity index (χ3n) is 23.1. The van der Waals surface area contributed by atoms with E-state index in [-0.39, 0.29) is 118 Å². The number of carbonyl (C=O) groups is 11. The van der Waals surface area contributed by atoms with Crippen LogP contribution >= 0.6 is 35.1 Å². The SMILES string of the molecule is COc1cccc2c1C(=O)c1c(O)c3c(c(O)c1C2=O)C[C@@](O)(C(C)=O)C[C@@H]3OC1CC(N)C(O)C(C)O1.Cc1c(N)nc([C@H](CC(N)=O)NC[C@H](N)C(N)=O)nc1C(=O)N[C@H](C(=O)N[C@H](C)[C@@H](O)[C@H](C)C(=O)N[C@H](C(=O)NCCc1nc(-c2nc(C(=O)NCCC[S+](C)C)cs2)cs1)[C@@H](C)O)[C@@H](O[C@@H]1O[C@@H](CO)[C@H](O)[C@@H](O)[C@@H]1O[C@@H]1O[C@@H](CO)[C@H](O)[C@@H](OC(N)=O)[C@@H]1O)c1cnc[nH]1.Cl. The first-order chi connectivity index (χ1) is 63.2.